The van der Waals surface area contributed by atoms with E-state index in [0.29, 0.717) is 3.41 Å². The fourth-order valence-corrected chi connectivity index (χ4v) is 5.88. The maximum Gasteiger partial charge on any atom is 0.156 e. The molecule has 0 aliphatic carbocycles. The topological polar surface area (TPSA) is 27.6 Å². The van der Waals surface area contributed by atoms with E-state index >= 15 is 0 Å². The van der Waals surface area contributed by atoms with Crippen LogP contribution < -0.4 is 18.1 Å². The van der Waals surface area contributed by atoms with Crippen LogP contribution in [-0.4, -0.2) is 27.2 Å². The molecule has 3 N–H and O–H groups in total. The van der Waals surface area contributed by atoms with Crippen LogP contribution in [0.25, 0.3) is 0 Å². The molecule has 82 valence electrons. The second-order valence-electron chi connectivity index (χ2n) is 2.23. The van der Waals surface area contributed by atoms with E-state index in [2.05, 4.69) is 26.5 Å². The van der Waals surface area contributed by atoms with Gasteiger partial charge in [-0.15, -0.1) is 35.3 Å². The molecule has 0 saturated carbocycles. The van der Waals surface area contributed by atoms with Crippen molar-refractivity contribution in [2.24, 2.45) is 0 Å². The SMILES string of the molecule is CCSC(C[NH3+])(SCC)SCC.[Cl-]. The predicted molar refractivity (Wildman–Crippen MR) is 64.9 cm³/mol. The van der Waals surface area contributed by atoms with Gasteiger partial charge in [0.05, 0.1) is 0 Å². The molecule has 5 heteroatoms. The van der Waals surface area contributed by atoms with Crippen LogP contribution in [0.2, 0.25) is 0 Å². The van der Waals surface area contributed by atoms with Gasteiger partial charge in [0, 0.05) is 0 Å². The summed E-state index contributed by atoms with van der Waals surface area (Å²) in [5, 5.41) is 0. The van der Waals surface area contributed by atoms with Gasteiger partial charge in [-0.1, -0.05) is 20.8 Å². The molecule has 0 heterocycles. The van der Waals surface area contributed by atoms with Gasteiger partial charge >= 0.3 is 0 Å². The van der Waals surface area contributed by atoms with E-state index in [1.807, 2.05) is 35.3 Å². The molecule has 0 aliphatic heterocycles. The standard InChI is InChI=1S/C8H19NS3.ClH/c1-4-10-8(7-9,11-5-2)12-6-3;/h4-7,9H2,1-3H3;1H. The van der Waals surface area contributed by atoms with Gasteiger partial charge in [0.25, 0.3) is 0 Å². The fourth-order valence-electron chi connectivity index (χ4n) is 1.00. The largest absolute Gasteiger partial charge is 1.00 e. The number of halogens is 1. The Labute approximate surface area is 101 Å². The van der Waals surface area contributed by atoms with Crippen molar-refractivity contribution in [1.82, 2.24) is 0 Å². The Balaban J connectivity index is 0. The number of hydrogen-bond acceptors (Lipinski definition) is 3. The van der Waals surface area contributed by atoms with Crippen LogP contribution in [-0.2, 0) is 0 Å². The number of hydrogen-bond donors (Lipinski definition) is 1. The Bertz CT molecular complexity index is 96.5. The first-order valence-electron chi connectivity index (χ1n) is 4.45. The molecule has 13 heavy (non-hydrogen) atoms. The normalized spacial score (nSPS) is 11.1. The zero-order valence-corrected chi connectivity index (χ0v) is 11.8. The van der Waals surface area contributed by atoms with Crippen LogP contribution in [0.1, 0.15) is 20.8 Å². The minimum Gasteiger partial charge on any atom is -1.00 e. The molecule has 0 aromatic rings. The smallest absolute Gasteiger partial charge is 0.156 e. The molecule has 0 rings (SSSR count). The molecule has 0 aromatic heterocycles. The lowest BCUT2D eigenvalue weighted by Gasteiger charge is -2.27. The first-order chi connectivity index (χ1) is 5.74. The van der Waals surface area contributed by atoms with E-state index in [1.165, 1.54) is 17.3 Å². The summed E-state index contributed by atoms with van der Waals surface area (Å²) >= 11 is 6.11. The highest BCUT2D eigenvalue weighted by atomic mass is 35.5. The van der Waals surface area contributed by atoms with Crippen LogP contribution in [0, 0.1) is 0 Å². The lowest BCUT2D eigenvalue weighted by atomic mass is 10.8. The Morgan fingerprint density at radius 3 is 1.38 bits per heavy atom. The Kier molecular flexibility index (Phi) is 12.7. The van der Waals surface area contributed by atoms with Crippen molar-refractivity contribution in [2.75, 3.05) is 23.8 Å². The van der Waals surface area contributed by atoms with Gasteiger partial charge in [-0.25, -0.2) is 0 Å². The molecule has 0 spiro atoms. The molecule has 0 aliphatic rings. The minimum atomic E-state index is 0. The molecule has 0 radical (unpaired) electrons. The van der Waals surface area contributed by atoms with Crippen molar-refractivity contribution < 1.29 is 18.1 Å². The summed E-state index contributed by atoms with van der Waals surface area (Å²) in [4.78, 5) is 0. The molecule has 0 amide bonds. The molecule has 1 nitrogen and oxygen atoms in total. The highest BCUT2D eigenvalue weighted by Crippen LogP contribution is 2.45. The van der Waals surface area contributed by atoms with Crippen LogP contribution in [0.15, 0.2) is 0 Å². The van der Waals surface area contributed by atoms with Gasteiger partial charge < -0.3 is 18.1 Å². The molecule has 0 aromatic carbocycles. The predicted octanol–water partition coefficient (Wildman–Crippen LogP) is -0.855. The summed E-state index contributed by atoms with van der Waals surface area (Å²) in [6, 6.07) is 0. The zero-order valence-electron chi connectivity index (χ0n) is 8.64. The van der Waals surface area contributed by atoms with Gasteiger partial charge in [-0.3, -0.25) is 0 Å². The third kappa shape index (κ3) is 6.39. The van der Waals surface area contributed by atoms with E-state index in [1.54, 1.807) is 0 Å². The van der Waals surface area contributed by atoms with Gasteiger partial charge in [0.1, 0.15) is 6.54 Å². The van der Waals surface area contributed by atoms with Gasteiger partial charge in [0.2, 0.25) is 0 Å². The van der Waals surface area contributed by atoms with Crippen molar-refractivity contribution in [3.05, 3.63) is 0 Å². The molecule has 0 fully saturated rings. The Morgan fingerprint density at radius 2 is 1.23 bits per heavy atom. The lowest BCUT2D eigenvalue weighted by molar-refractivity contribution is -0.364. The van der Waals surface area contributed by atoms with Crippen LogP contribution in [0.4, 0.5) is 0 Å². The maximum atomic E-state index is 4.05. The average Bonchev–Trinajstić information content (AvgIpc) is 2.06. The van der Waals surface area contributed by atoms with Crippen molar-refractivity contribution in [3.63, 3.8) is 0 Å². The van der Waals surface area contributed by atoms with Crippen molar-refractivity contribution >= 4 is 35.3 Å². The lowest BCUT2D eigenvalue weighted by Crippen LogP contribution is -3.00. The molecule has 0 saturated heterocycles. The quantitative estimate of drug-likeness (QED) is 0.605. The van der Waals surface area contributed by atoms with Crippen LogP contribution in [0.5, 0.6) is 0 Å². The molecule has 0 unspecified atom stereocenters. The molecular formula is C8H20ClNS3. The first-order valence-corrected chi connectivity index (χ1v) is 7.41. The highest BCUT2D eigenvalue weighted by molar-refractivity contribution is 8.33. The first kappa shape index (κ1) is 16.7. The average molecular weight is 262 g/mol. The van der Waals surface area contributed by atoms with Crippen LogP contribution >= 0.6 is 35.3 Å². The van der Waals surface area contributed by atoms with Gasteiger partial charge in [-0.05, 0) is 17.3 Å². The van der Waals surface area contributed by atoms with E-state index in [9.17, 15) is 0 Å². The second kappa shape index (κ2) is 9.84. The van der Waals surface area contributed by atoms with Crippen molar-refractivity contribution in [2.45, 2.75) is 24.2 Å². The zero-order chi connectivity index (χ0) is 9.45. The number of thioether (sulfide) groups is 3. The number of quaternary nitrogens is 1. The third-order valence-electron chi connectivity index (χ3n) is 1.40. The molecular weight excluding hydrogens is 242 g/mol. The fraction of sp³-hybridized carbons (Fsp3) is 1.00. The second-order valence-corrected chi connectivity index (χ2v) is 7.70. The van der Waals surface area contributed by atoms with Crippen molar-refractivity contribution in [3.8, 4) is 0 Å². The highest BCUT2D eigenvalue weighted by Gasteiger charge is 2.30. The Morgan fingerprint density at radius 1 is 0.923 bits per heavy atom. The van der Waals surface area contributed by atoms with Crippen molar-refractivity contribution in [1.29, 1.82) is 0 Å². The summed E-state index contributed by atoms with van der Waals surface area (Å²) in [5.41, 5.74) is 4.05. The van der Waals surface area contributed by atoms with E-state index in [4.69, 9.17) is 0 Å². The number of rotatable bonds is 7. The molecule has 0 atom stereocenters. The Hall–Kier alpha value is 1.30. The van der Waals surface area contributed by atoms with E-state index in [-0.39, 0.29) is 12.4 Å². The summed E-state index contributed by atoms with van der Waals surface area (Å²) in [7, 11) is 0. The van der Waals surface area contributed by atoms with Gasteiger partial charge in [0.15, 0.2) is 3.41 Å². The minimum absolute atomic E-state index is 0. The maximum absolute atomic E-state index is 4.05. The summed E-state index contributed by atoms with van der Waals surface area (Å²) in [5.74, 6) is 3.57. The summed E-state index contributed by atoms with van der Waals surface area (Å²) < 4.78 is 0.332. The third-order valence-corrected chi connectivity index (χ3v) is 6.32. The summed E-state index contributed by atoms with van der Waals surface area (Å²) in [6.45, 7) is 7.69. The van der Waals surface area contributed by atoms with E-state index in [0.717, 1.165) is 6.54 Å². The summed E-state index contributed by atoms with van der Waals surface area (Å²) in [6.07, 6.45) is 0. The van der Waals surface area contributed by atoms with E-state index < -0.39 is 0 Å². The van der Waals surface area contributed by atoms with Gasteiger partial charge in [-0.2, -0.15) is 0 Å². The van der Waals surface area contributed by atoms with Crippen LogP contribution in [0.3, 0.4) is 0 Å². The monoisotopic (exact) mass is 261 g/mol. The molecule has 0 bridgehead atoms.